The van der Waals surface area contributed by atoms with Gasteiger partial charge in [0.05, 0.1) is 6.04 Å². The van der Waals surface area contributed by atoms with E-state index >= 15 is 0 Å². The monoisotopic (exact) mass is 262 g/mol. The van der Waals surface area contributed by atoms with Gasteiger partial charge in [0.15, 0.2) is 0 Å². The number of carbonyl (C=O) groups excluding carboxylic acids is 1. The number of hydrogen-bond donors (Lipinski definition) is 1. The molecule has 2 atom stereocenters. The summed E-state index contributed by atoms with van der Waals surface area (Å²) in [6, 6.07) is 7.96. The van der Waals surface area contributed by atoms with E-state index in [1.807, 2.05) is 48.0 Å². The number of aliphatic hydroxyl groups is 1. The van der Waals surface area contributed by atoms with Gasteiger partial charge in [-0.3, -0.25) is 9.69 Å². The maximum atomic E-state index is 12.6. The second-order valence-corrected chi connectivity index (χ2v) is 5.36. The lowest BCUT2D eigenvalue weighted by molar-refractivity contribution is -0.126. The molecule has 0 aromatic heterocycles. The molecule has 0 aliphatic carbocycles. The summed E-state index contributed by atoms with van der Waals surface area (Å²) in [5.74, 6) is 0.0825. The number of rotatable bonds is 3. The van der Waals surface area contributed by atoms with Crippen LogP contribution in [-0.4, -0.2) is 48.2 Å². The third-order valence-corrected chi connectivity index (χ3v) is 3.76. The predicted octanol–water partition coefficient (Wildman–Crippen LogP) is 1.41. The molecule has 4 nitrogen and oxygen atoms in total. The van der Waals surface area contributed by atoms with E-state index in [1.54, 1.807) is 0 Å². The molecular formula is C15H22N2O2. The smallest absolute Gasteiger partial charge is 0.244 e. The summed E-state index contributed by atoms with van der Waals surface area (Å²) in [6.45, 7) is 4.96. The van der Waals surface area contributed by atoms with Crippen LogP contribution in [0.3, 0.4) is 0 Å². The second-order valence-electron chi connectivity index (χ2n) is 5.36. The Morgan fingerprint density at radius 3 is 2.53 bits per heavy atom. The molecule has 19 heavy (non-hydrogen) atoms. The summed E-state index contributed by atoms with van der Waals surface area (Å²) in [4.78, 5) is 16.5. The van der Waals surface area contributed by atoms with Gasteiger partial charge in [0.2, 0.25) is 5.91 Å². The van der Waals surface area contributed by atoms with Crippen LogP contribution in [-0.2, 0) is 4.79 Å². The van der Waals surface area contributed by atoms with Crippen molar-refractivity contribution in [3.8, 4) is 0 Å². The second kappa shape index (κ2) is 5.72. The normalized spacial score (nSPS) is 24.8. The SMILES string of the molecule is Cc1ccc(N2C(=O)C(CCO)N(C)CC2C)cc1. The molecule has 2 rings (SSSR count). The molecule has 1 heterocycles. The Morgan fingerprint density at radius 2 is 1.95 bits per heavy atom. The van der Waals surface area contributed by atoms with Crippen molar-refractivity contribution in [2.24, 2.45) is 0 Å². The van der Waals surface area contributed by atoms with Gasteiger partial charge in [-0.15, -0.1) is 0 Å². The number of carbonyl (C=O) groups is 1. The van der Waals surface area contributed by atoms with Gasteiger partial charge < -0.3 is 10.0 Å². The van der Waals surface area contributed by atoms with Crippen LogP contribution in [0.25, 0.3) is 0 Å². The highest BCUT2D eigenvalue weighted by molar-refractivity contribution is 5.98. The molecule has 1 aromatic carbocycles. The van der Waals surface area contributed by atoms with Gasteiger partial charge in [0, 0.05) is 24.9 Å². The Morgan fingerprint density at radius 1 is 1.32 bits per heavy atom. The number of nitrogens with zero attached hydrogens (tertiary/aromatic N) is 2. The van der Waals surface area contributed by atoms with E-state index in [2.05, 4.69) is 6.92 Å². The fourth-order valence-electron chi connectivity index (χ4n) is 2.75. The Kier molecular flexibility index (Phi) is 4.22. The molecule has 1 aliphatic heterocycles. The largest absolute Gasteiger partial charge is 0.396 e. The quantitative estimate of drug-likeness (QED) is 0.896. The van der Waals surface area contributed by atoms with Crippen molar-refractivity contribution in [2.45, 2.75) is 32.4 Å². The average molecular weight is 262 g/mol. The van der Waals surface area contributed by atoms with Crippen molar-refractivity contribution in [3.63, 3.8) is 0 Å². The lowest BCUT2D eigenvalue weighted by atomic mass is 10.0. The van der Waals surface area contributed by atoms with Crippen LogP contribution in [0.4, 0.5) is 5.69 Å². The molecule has 0 spiro atoms. The number of anilines is 1. The van der Waals surface area contributed by atoms with Crippen molar-refractivity contribution >= 4 is 11.6 Å². The summed E-state index contributed by atoms with van der Waals surface area (Å²) in [5.41, 5.74) is 2.13. The third kappa shape index (κ3) is 2.80. The van der Waals surface area contributed by atoms with Crippen molar-refractivity contribution in [1.82, 2.24) is 4.90 Å². The molecule has 1 aromatic rings. The van der Waals surface area contributed by atoms with Crippen LogP contribution in [0, 0.1) is 6.92 Å². The van der Waals surface area contributed by atoms with Crippen molar-refractivity contribution in [1.29, 1.82) is 0 Å². The Bertz CT molecular complexity index is 444. The molecule has 0 saturated carbocycles. The van der Waals surface area contributed by atoms with Gasteiger partial charge in [-0.05, 0) is 39.4 Å². The minimum Gasteiger partial charge on any atom is -0.396 e. The maximum absolute atomic E-state index is 12.6. The molecular weight excluding hydrogens is 240 g/mol. The summed E-state index contributed by atoms with van der Waals surface area (Å²) in [6.07, 6.45) is 0.490. The van der Waals surface area contributed by atoms with Crippen molar-refractivity contribution < 1.29 is 9.90 Å². The highest BCUT2D eigenvalue weighted by atomic mass is 16.3. The zero-order valence-corrected chi connectivity index (χ0v) is 11.8. The molecule has 2 unspecified atom stereocenters. The third-order valence-electron chi connectivity index (χ3n) is 3.76. The number of likely N-dealkylation sites (N-methyl/N-ethyl adjacent to an activating group) is 1. The van der Waals surface area contributed by atoms with Gasteiger partial charge in [0.25, 0.3) is 0 Å². The standard InChI is InChI=1S/C15H22N2O2/c1-11-4-6-13(7-5-11)17-12(2)10-16(3)14(8-9-18)15(17)19/h4-7,12,14,18H,8-10H2,1-3H3. The van der Waals surface area contributed by atoms with Crippen molar-refractivity contribution in [3.05, 3.63) is 29.8 Å². The minimum atomic E-state index is -0.220. The van der Waals surface area contributed by atoms with Gasteiger partial charge in [-0.1, -0.05) is 17.7 Å². The van der Waals surface area contributed by atoms with Crippen LogP contribution in [0.15, 0.2) is 24.3 Å². The van der Waals surface area contributed by atoms with E-state index in [-0.39, 0.29) is 24.6 Å². The van der Waals surface area contributed by atoms with E-state index in [4.69, 9.17) is 5.11 Å². The van der Waals surface area contributed by atoms with E-state index in [9.17, 15) is 4.79 Å². The number of amides is 1. The molecule has 1 aliphatic rings. The van der Waals surface area contributed by atoms with Crippen LogP contribution >= 0.6 is 0 Å². The van der Waals surface area contributed by atoms with E-state index in [1.165, 1.54) is 5.56 Å². The highest BCUT2D eigenvalue weighted by Crippen LogP contribution is 2.25. The first-order valence-electron chi connectivity index (χ1n) is 6.75. The Hall–Kier alpha value is -1.39. The fraction of sp³-hybridized carbons (Fsp3) is 0.533. The molecule has 0 radical (unpaired) electrons. The van der Waals surface area contributed by atoms with E-state index in [0.717, 1.165) is 12.2 Å². The average Bonchev–Trinajstić information content (AvgIpc) is 2.36. The molecule has 4 heteroatoms. The zero-order valence-electron chi connectivity index (χ0n) is 11.8. The molecule has 1 fully saturated rings. The number of aliphatic hydroxyl groups excluding tert-OH is 1. The van der Waals surface area contributed by atoms with Gasteiger partial charge in [0.1, 0.15) is 0 Å². The summed E-state index contributed by atoms with van der Waals surface area (Å²) in [5, 5.41) is 9.12. The summed E-state index contributed by atoms with van der Waals surface area (Å²) >= 11 is 0. The first-order chi connectivity index (χ1) is 9.04. The summed E-state index contributed by atoms with van der Waals surface area (Å²) in [7, 11) is 1.95. The topological polar surface area (TPSA) is 43.8 Å². The van der Waals surface area contributed by atoms with Gasteiger partial charge in [-0.25, -0.2) is 0 Å². The number of aryl methyl sites for hydroxylation is 1. The molecule has 1 N–H and O–H groups in total. The first kappa shape index (κ1) is 14.0. The lowest BCUT2D eigenvalue weighted by Gasteiger charge is -2.43. The van der Waals surface area contributed by atoms with Crippen molar-refractivity contribution in [2.75, 3.05) is 25.1 Å². The van der Waals surface area contributed by atoms with Crippen LogP contribution in [0.1, 0.15) is 18.9 Å². The zero-order chi connectivity index (χ0) is 14.0. The van der Waals surface area contributed by atoms with Crippen LogP contribution in [0.5, 0.6) is 0 Å². The first-order valence-corrected chi connectivity index (χ1v) is 6.75. The summed E-state index contributed by atoms with van der Waals surface area (Å²) < 4.78 is 0. The molecule has 1 amide bonds. The molecule has 1 saturated heterocycles. The van der Waals surface area contributed by atoms with E-state index < -0.39 is 0 Å². The number of benzene rings is 1. The van der Waals surface area contributed by atoms with E-state index in [0.29, 0.717) is 6.42 Å². The fourth-order valence-corrected chi connectivity index (χ4v) is 2.75. The molecule has 104 valence electrons. The number of piperazine rings is 1. The highest BCUT2D eigenvalue weighted by Gasteiger charge is 2.36. The predicted molar refractivity (Wildman–Crippen MR) is 76.2 cm³/mol. The van der Waals surface area contributed by atoms with Crippen LogP contribution < -0.4 is 4.90 Å². The Balaban J connectivity index is 2.27. The Labute approximate surface area is 114 Å². The van der Waals surface area contributed by atoms with Crippen LogP contribution in [0.2, 0.25) is 0 Å². The molecule has 0 bridgehead atoms. The maximum Gasteiger partial charge on any atom is 0.244 e. The minimum absolute atomic E-state index is 0.0386. The lowest BCUT2D eigenvalue weighted by Crippen LogP contribution is -2.60. The van der Waals surface area contributed by atoms with Gasteiger partial charge >= 0.3 is 0 Å². The van der Waals surface area contributed by atoms with Gasteiger partial charge in [-0.2, -0.15) is 0 Å². The number of hydrogen-bond acceptors (Lipinski definition) is 3.